The van der Waals surface area contributed by atoms with Crippen LogP contribution in [-0.2, 0) is 4.79 Å². The van der Waals surface area contributed by atoms with Crippen molar-refractivity contribution < 1.29 is 9.59 Å². The number of carbonyl (C=O) groups is 2. The van der Waals surface area contributed by atoms with Gasteiger partial charge in [0.25, 0.3) is 17.4 Å². The Morgan fingerprint density at radius 3 is 2.26 bits per heavy atom. The number of benzene rings is 3. The largest absolute Gasteiger partial charge is 0.335 e. The number of nitrogens with one attached hydrogen (secondary N) is 3. The summed E-state index contributed by atoms with van der Waals surface area (Å²) in [5, 5.41) is 14.2. The van der Waals surface area contributed by atoms with Crippen LogP contribution < -0.4 is 16.3 Å². The van der Waals surface area contributed by atoms with Gasteiger partial charge in [-0.15, -0.1) is 0 Å². The Morgan fingerprint density at radius 1 is 0.921 bits per heavy atom. The molecule has 1 atom stereocenters. The van der Waals surface area contributed by atoms with Crippen LogP contribution in [0.3, 0.4) is 0 Å². The van der Waals surface area contributed by atoms with Crippen LogP contribution in [0.1, 0.15) is 59.9 Å². The quantitative estimate of drug-likeness (QED) is 0.236. The van der Waals surface area contributed by atoms with E-state index < -0.39 is 23.4 Å². The van der Waals surface area contributed by atoms with E-state index in [2.05, 4.69) is 52.0 Å². The van der Waals surface area contributed by atoms with Crippen molar-refractivity contribution in [2.45, 2.75) is 32.7 Å². The van der Waals surface area contributed by atoms with Crippen molar-refractivity contribution in [2.75, 3.05) is 0 Å². The Kier molecular flexibility index (Phi) is 8.23. The van der Waals surface area contributed by atoms with Crippen LogP contribution in [0.15, 0.2) is 94.3 Å². The first kappa shape index (κ1) is 26.2. The summed E-state index contributed by atoms with van der Waals surface area (Å²) in [6.07, 6.45) is 3.48. The Bertz CT molecular complexity index is 1550. The van der Waals surface area contributed by atoms with Crippen molar-refractivity contribution in [3.8, 4) is 0 Å². The molecule has 0 aliphatic heterocycles. The molecule has 0 spiro atoms. The molecule has 3 N–H and O–H groups in total. The number of nitrogens with zero attached hydrogens (tertiary/aromatic N) is 2. The molecule has 0 bridgehead atoms. The van der Waals surface area contributed by atoms with E-state index in [9.17, 15) is 14.4 Å². The third-order valence-electron chi connectivity index (χ3n) is 6.01. The summed E-state index contributed by atoms with van der Waals surface area (Å²) in [5.41, 5.74) is 5.79. The molecule has 1 heterocycles. The van der Waals surface area contributed by atoms with Crippen molar-refractivity contribution in [1.29, 1.82) is 0 Å². The minimum atomic E-state index is -1.21. The van der Waals surface area contributed by atoms with Gasteiger partial charge in [-0.1, -0.05) is 80.6 Å². The molecule has 0 radical (unpaired) electrons. The maximum Gasteiger partial charge on any atom is 0.272 e. The predicted molar refractivity (Wildman–Crippen MR) is 150 cm³/mol. The molecule has 38 heavy (non-hydrogen) atoms. The fraction of sp³-hybridized carbons (Fsp3) is 0.167. The van der Waals surface area contributed by atoms with Crippen molar-refractivity contribution in [2.24, 2.45) is 5.10 Å². The van der Waals surface area contributed by atoms with Gasteiger partial charge in [0.05, 0.1) is 11.6 Å². The van der Waals surface area contributed by atoms with Gasteiger partial charge in [0.2, 0.25) is 0 Å². The highest BCUT2D eigenvalue weighted by Gasteiger charge is 2.27. The standard InChI is InChI=1S/C30H29N5O3/c1-19(2)22-15-13-21(14-16-22)17-20(3)18-31-34-30(38)27(32-28(36)23-9-5-4-6-10-23)26-24-11-7-8-12-25(24)29(37)35-33-26/h4-19,27H,1-3H3,(H,32,36)(H,34,38)(H,35,37)/b20-17+,31-18-/t27-/m0/s1. The molecule has 8 heteroatoms. The molecule has 8 nitrogen and oxygen atoms in total. The summed E-state index contributed by atoms with van der Waals surface area (Å²) in [6, 6.07) is 22.3. The number of amides is 2. The summed E-state index contributed by atoms with van der Waals surface area (Å²) in [5.74, 6) is -0.618. The molecule has 1 aromatic heterocycles. The second kappa shape index (κ2) is 11.9. The number of aromatic amines is 1. The van der Waals surface area contributed by atoms with Crippen LogP contribution >= 0.6 is 0 Å². The molecule has 4 rings (SSSR count). The van der Waals surface area contributed by atoms with E-state index >= 15 is 0 Å². The van der Waals surface area contributed by atoms with Crippen LogP contribution in [0.25, 0.3) is 16.8 Å². The van der Waals surface area contributed by atoms with Crippen LogP contribution in [0.2, 0.25) is 0 Å². The maximum atomic E-state index is 13.3. The zero-order valence-electron chi connectivity index (χ0n) is 21.4. The van der Waals surface area contributed by atoms with Crippen LogP contribution in [0, 0.1) is 0 Å². The van der Waals surface area contributed by atoms with Gasteiger partial charge in [-0.25, -0.2) is 10.5 Å². The molecule has 0 fully saturated rings. The molecule has 192 valence electrons. The smallest absolute Gasteiger partial charge is 0.272 e. The maximum absolute atomic E-state index is 13.3. The first-order valence-corrected chi connectivity index (χ1v) is 12.3. The highest BCUT2D eigenvalue weighted by molar-refractivity contribution is 5.99. The van der Waals surface area contributed by atoms with Gasteiger partial charge in [0.15, 0.2) is 6.04 Å². The van der Waals surface area contributed by atoms with Crippen LogP contribution in [0.5, 0.6) is 0 Å². The number of carbonyl (C=O) groups excluding carboxylic acids is 2. The van der Waals surface area contributed by atoms with Crippen molar-refractivity contribution >= 4 is 34.9 Å². The number of hydrogen-bond acceptors (Lipinski definition) is 5. The second-order valence-corrected chi connectivity index (χ2v) is 9.20. The fourth-order valence-electron chi connectivity index (χ4n) is 3.96. The first-order valence-electron chi connectivity index (χ1n) is 12.3. The molecule has 3 aromatic carbocycles. The van der Waals surface area contributed by atoms with Crippen molar-refractivity contribution in [1.82, 2.24) is 20.9 Å². The Hall–Kier alpha value is -4.85. The van der Waals surface area contributed by atoms with E-state index in [0.29, 0.717) is 22.3 Å². The number of hydrazone groups is 1. The lowest BCUT2D eigenvalue weighted by Gasteiger charge is -2.18. The van der Waals surface area contributed by atoms with E-state index in [0.717, 1.165) is 11.1 Å². The van der Waals surface area contributed by atoms with E-state index in [4.69, 9.17) is 0 Å². The van der Waals surface area contributed by atoms with Gasteiger partial charge >= 0.3 is 0 Å². The Labute approximate surface area is 220 Å². The number of H-pyrrole nitrogens is 1. The summed E-state index contributed by atoms with van der Waals surface area (Å²) in [7, 11) is 0. The number of fused-ring (bicyclic) bond motifs is 1. The zero-order chi connectivity index (χ0) is 27.1. The number of hydrogen-bond donors (Lipinski definition) is 3. The van der Waals surface area contributed by atoms with Gasteiger partial charge in [-0.3, -0.25) is 14.4 Å². The summed E-state index contributed by atoms with van der Waals surface area (Å²) >= 11 is 0. The minimum Gasteiger partial charge on any atom is -0.335 e. The predicted octanol–water partition coefficient (Wildman–Crippen LogP) is 4.72. The lowest BCUT2D eigenvalue weighted by atomic mass is 10.0. The van der Waals surface area contributed by atoms with Gasteiger partial charge in [0, 0.05) is 10.9 Å². The van der Waals surface area contributed by atoms with E-state index in [-0.39, 0.29) is 5.69 Å². The van der Waals surface area contributed by atoms with E-state index in [1.165, 1.54) is 11.8 Å². The lowest BCUT2D eigenvalue weighted by Crippen LogP contribution is -2.40. The molecule has 2 amide bonds. The average Bonchev–Trinajstić information content (AvgIpc) is 2.93. The molecule has 0 saturated heterocycles. The topological polar surface area (TPSA) is 116 Å². The minimum absolute atomic E-state index is 0.203. The molecular formula is C30H29N5O3. The lowest BCUT2D eigenvalue weighted by molar-refractivity contribution is -0.123. The highest BCUT2D eigenvalue weighted by atomic mass is 16.2. The van der Waals surface area contributed by atoms with E-state index in [1.54, 1.807) is 54.6 Å². The van der Waals surface area contributed by atoms with Crippen LogP contribution in [0.4, 0.5) is 0 Å². The number of rotatable bonds is 8. The monoisotopic (exact) mass is 507 g/mol. The summed E-state index contributed by atoms with van der Waals surface area (Å²) in [6.45, 7) is 6.16. The third-order valence-corrected chi connectivity index (χ3v) is 6.01. The molecule has 4 aromatic rings. The molecule has 0 unspecified atom stereocenters. The third kappa shape index (κ3) is 6.28. The molecular weight excluding hydrogens is 478 g/mol. The second-order valence-electron chi connectivity index (χ2n) is 9.20. The molecule has 0 saturated carbocycles. The number of aromatic nitrogens is 2. The van der Waals surface area contributed by atoms with Gasteiger partial charge in [-0.2, -0.15) is 10.2 Å². The van der Waals surface area contributed by atoms with Crippen molar-refractivity contribution in [3.63, 3.8) is 0 Å². The van der Waals surface area contributed by atoms with Gasteiger partial charge in [-0.05, 0) is 47.7 Å². The number of allylic oxidation sites excluding steroid dienone is 1. The average molecular weight is 508 g/mol. The van der Waals surface area contributed by atoms with Crippen molar-refractivity contribution in [3.05, 3.63) is 117 Å². The Balaban J connectivity index is 1.58. The van der Waals surface area contributed by atoms with E-state index in [1.807, 2.05) is 25.1 Å². The summed E-state index contributed by atoms with van der Waals surface area (Å²) < 4.78 is 0. The fourth-order valence-corrected chi connectivity index (χ4v) is 3.96. The summed E-state index contributed by atoms with van der Waals surface area (Å²) in [4.78, 5) is 38.5. The first-order chi connectivity index (χ1) is 18.3. The highest BCUT2D eigenvalue weighted by Crippen LogP contribution is 2.21. The zero-order valence-corrected chi connectivity index (χ0v) is 21.4. The Morgan fingerprint density at radius 2 is 1.58 bits per heavy atom. The van der Waals surface area contributed by atoms with Gasteiger partial charge in [0.1, 0.15) is 5.69 Å². The molecule has 0 aliphatic carbocycles. The van der Waals surface area contributed by atoms with Gasteiger partial charge < -0.3 is 5.32 Å². The van der Waals surface area contributed by atoms with Crippen LogP contribution in [-0.4, -0.2) is 28.2 Å². The molecule has 0 aliphatic rings. The normalized spacial score (nSPS) is 12.6. The SMILES string of the molecule is CC(/C=N\NC(=O)[C@@H](NC(=O)c1ccccc1)c1n[nH]c(=O)c2ccccc12)=C\c1ccc(C(C)C)cc1.